The number of hydrogen-bond acceptors (Lipinski definition) is 4. The van der Waals surface area contributed by atoms with Crippen LogP contribution in [0.3, 0.4) is 0 Å². The molecule has 1 aliphatic carbocycles. The molecule has 7 nitrogen and oxygen atoms in total. The fourth-order valence-corrected chi connectivity index (χ4v) is 4.76. The predicted molar refractivity (Wildman–Crippen MR) is 141 cm³/mol. The van der Waals surface area contributed by atoms with E-state index in [0.717, 1.165) is 37.7 Å². The van der Waals surface area contributed by atoms with Gasteiger partial charge in [-0.25, -0.2) is 9.07 Å². The number of nitrogens with zero attached hydrogens (tertiary/aromatic N) is 2. The average molecular weight is 499 g/mol. The van der Waals surface area contributed by atoms with Crippen LogP contribution in [-0.2, 0) is 11.3 Å². The molecule has 2 amide bonds. The second kappa shape index (κ2) is 10.7. The Labute approximate surface area is 213 Å². The number of anilines is 2. The third-order valence-corrected chi connectivity index (χ3v) is 6.72. The zero-order valence-corrected chi connectivity index (χ0v) is 20.2. The van der Waals surface area contributed by atoms with E-state index in [-0.39, 0.29) is 35.3 Å². The molecule has 1 saturated carbocycles. The molecular formula is C29H27FN4O3. The summed E-state index contributed by atoms with van der Waals surface area (Å²) >= 11 is 0. The summed E-state index contributed by atoms with van der Waals surface area (Å²) in [6.07, 6.45) is 4.68. The minimum atomic E-state index is -0.581. The van der Waals surface area contributed by atoms with E-state index < -0.39 is 11.7 Å². The van der Waals surface area contributed by atoms with Gasteiger partial charge in [0.2, 0.25) is 5.91 Å². The van der Waals surface area contributed by atoms with Crippen LogP contribution in [0.5, 0.6) is 0 Å². The summed E-state index contributed by atoms with van der Waals surface area (Å²) < 4.78 is 15.8. The zero-order chi connectivity index (χ0) is 25.8. The van der Waals surface area contributed by atoms with Crippen LogP contribution >= 0.6 is 0 Å². The van der Waals surface area contributed by atoms with Gasteiger partial charge in [-0.1, -0.05) is 67.8 Å². The monoisotopic (exact) mass is 498 g/mol. The summed E-state index contributed by atoms with van der Waals surface area (Å²) in [5.74, 6) is -1.47. The molecule has 8 heteroatoms. The second-order valence-corrected chi connectivity index (χ2v) is 9.32. The van der Waals surface area contributed by atoms with Crippen LogP contribution in [0.4, 0.5) is 15.8 Å². The molecule has 2 N–H and O–H groups in total. The van der Waals surface area contributed by atoms with Gasteiger partial charge in [-0.05, 0) is 42.7 Å². The van der Waals surface area contributed by atoms with Gasteiger partial charge in [0.25, 0.3) is 11.5 Å². The predicted octanol–water partition coefficient (Wildman–Crippen LogP) is 5.36. The van der Waals surface area contributed by atoms with E-state index in [9.17, 15) is 18.8 Å². The third kappa shape index (κ3) is 5.43. The molecule has 1 aliphatic rings. The largest absolute Gasteiger partial charge is 0.323 e. The molecule has 0 bridgehead atoms. The molecular weight excluding hydrogens is 471 g/mol. The molecule has 0 unspecified atom stereocenters. The molecule has 0 saturated heterocycles. The Hall–Kier alpha value is -4.33. The van der Waals surface area contributed by atoms with E-state index in [4.69, 9.17) is 0 Å². The zero-order valence-electron chi connectivity index (χ0n) is 20.2. The van der Waals surface area contributed by atoms with Crippen molar-refractivity contribution in [2.75, 3.05) is 10.6 Å². The number of carbonyl (C=O) groups excluding carboxylic acids is 2. The highest BCUT2D eigenvalue weighted by atomic mass is 19.1. The number of amides is 2. The molecule has 0 aliphatic heterocycles. The summed E-state index contributed by atoms with van der Waals surface area (Å²) in [6.45, 7) is 0.207. The Morgan fingerprint density at radius 2 is 1.59 bits per heavy atom. The van der Waals surface area contributed by atoms with Gasteiger partial charge in [-0.3, -0.25) is 14.4 Å². The van der Waals surface area contributed by atoms with Crippen LogP contribution in [0, 0.1) is 11.7 Å². The maximum atomic E-state index is 14.5. The first-order chi connectivity index (χ1) is 18.0. The van der Waals surface area contributed by atoms with E-state index in [1.165, 1.54) is 22.9 Å². The Morgan fingerprint density at radius 3 is 2.35 bits per heavy atom. The minimum Gasteiger partial charge on any atom is -0.323 e. The summed E-state index contributed by atoms with van der Waals surface area (Å²) in [5, 5.41) is 10.6. The van der Waals surface area contributed by atoms with Gasteiger partial charge in [-0.15, -0.1) is 0 Å². The first-order valence-electron chi connectivity index (χ1n) is 12.4. The van der Waals surface area contributed by atoms with Crippen molar-refractivity contribution in [1.29, 1.82) is 0 Å². The average Bonchev–Trinajstić information content (AvgIpc) is 2.93. The van der Waals surface area contributed by atoms with Crippen LogP contribution in [0.25, 0.3) is 10.8 Å². The summed E-state index contributed by atoms with van der Waals surface area (Å²) in [7, 11) is 0. The van der Waals surface area contributed by atoms with Crippen molar-refractivity contribution in [3.8, 4) is 0 Å². The van der Waals surface area contributed by atoms with E-state index in [1.54, 1.807) is 24.3 Å². The van der Waals surface area contributed by atoms with Gasteiger partial charge >= 0.3 is 0 Å². The van der Waals surface area contributed by atoms with Crippen molar-refractivity contribution in [2.45, 2.75) is 38.6 Å². The Kier molecular flexibility index (Phi) is 7.07. The van der Waals surface area contributed by atoms with Crippen LogP contribution < -0.4 is 16.2 Å². The van der Waals surface area contributed by atoms with Crippen molar-refractivity contribution in [2.24, 2.45) is 5.92 Å². The van der Waals surface area contributed by atoms with E-state index >= 15 is 0 Å². The van der Waals surface area contributed by atoms with Crippen LogP contribution in [0.15, 0.2) is 77.6 Å². The Balaban J connectivity index is 1.42. The lowest BCUT2D eigenvalue weighted by Gasteiger charge is -2.21. The lowest BCUT2D eigenvalue weighted by molar-refractivity contribution is -0.120. The van der Waals surface area contributed by atoms with Crippen LogP contribution in [-0.4, -0.2) is 21.6 Å². The molecule has 0 atom stereocenters. The minimum absolute atomic E-state index is 0.0141. The van der Waals surface area contributed by atoms with Crippen molar-refractivity contribution in [3.63, 3.8) is 0 Å². The highest BCUT2D eigenvalue weighted by molar-refractivity contribution is 6.11. The topological polar surface area (TPSA) is 93.1 Å². The summed E-state index contributed by atoms with van der Waals surface area (Å²) in [5.41, 5.74) is 0.960. The number of carbonyl (C=O) groups is 2. The number of rotatable bonds is 6. The Bertz CT molecular complexity index is 1510. The molecule has 1 fully saturated rings. The first kappa shape index (κ1) is 24.4. The van der Waals surface area contributed by atoms with Gasteiger partial charge in [0.05, 0.1) is 17.6 Å². The van der Waals surface area contributed by atoms with Crippen LogP contribution in [0.1, 0.15) is 48.2 Å². The number of nitrogens with one attached hydrogen (secondary N) is 2. The maximum Gasteiger partial charge on any atom is 0.276 e. The number of hydrogen-bond donors (Lipinski definition) is 2. The quantitative estimate of drug-likeness (QED) is 0.375. The fourth-order valence-electron chi connectivity index (χ4n) is 4.76. The van der Waals surface area contributed by atoms with Gasteiger partial charge in [0.15, 0.2) is 5.69 Å². The molecule has 0 radical (unpaired) electrons. The van der Waals surface area contributed by atoms with Gasteiger partial charge < -0.3 is 10.6 Å². The second-order valence-electron chi connectivity index (χ2n) is 9.32. The molecule has 1 aromatic heterocycles. The standard InChI is InChI=1S/C29H27FN4O3/c30-24-16-15-21(17-25(24)32-27(35)20-11-5-2-6-12-20)31-28(36)26-22-13-7-8-14-23(22)29(37)34(33-26)18-19-9-3-1-4-10-19/h1,3-4,7-10,13-17,20H,2,5-6,11-12,18H2,(H,31,36)(H,32,35). The van der Waals surface area contributed by atoms with Crippen molar-refractivity contribution in [3.05, 3.63) is 100 Å². The van der Waals surface area contributed by atoms with Crippen molar-refractivity contribution >= 4 is 34.0 Å². The van der Waals surface area contributed by atoms with E-state index in [0.29, 0.717) is 16.5 Å². The molecule has 1 heterocycles. The first-order valence-corrected chi connectivity index (χ1v) is 12.4. The lowest BCUT2D eigenvalue weighted by Crippen LogP contribution is -2.28. The maximum absolute atomic E-state index is 14.5. The summed E-state index contributed by atoms with van der Waals surface area (Å²) in [6, 6.07) is 20.2. The molecule has 4 aromatic rings. The molecule has 188 valence electrons. The van der Waals surface area contributed by atoms with E-state index in [1.807, 2.05) is 30.3 Å². The number of halogens is 1. The van der Waals surface area contributed by atoms with Crippen LogP contribution in [0.2, 0.25) is 0 Å². The smallest absolute Gasteiger partial charge is 0.276 e. The van der Waals surface area contributed by atoms with Gasteiger partial charge in [0.1, 0.15) is 5.82 Å². The number of aromatic nitrogens is 2. The Morgan fingerprint density at radius 1 is 0.892 bits per heavy atom. The third-order valence-electron chi connectivity index (χ3n) is 6.72. The summed E-state index contributed by atoms with van der Waals surface area (Å²) in [4.78, 5) is 39.0. The lowest BCUT2D eigenvalue weighted by atomic mass is 9.88. The van der Waals surface area contributed by atoms with Gasteiger partial charge in [-0.2, -0.15) is 5.10 Å². The van der Waals surface area contributed by atoms with E-state index in [2.05, 4.69) is 15.7 Å². The van der Waals surface area contributed by atoms with Gasteiger partial charge in [0, 0.05) is 17.0 Å². The molecule has 5 rings (SSSR count). The number of benzene rings is 3. The van der Waals surface area contributed by atoms with Crippen molar-refractivity contribution < 1.29 is 14.0 Å². The van der Waals surface area contributed by atoms with Crippen molar-refractivity contribution in [1.82, 2.24) is 9.78 Å². The molecule has 3 aromatic carbocycles. The molecule has 37 heavy (non-hydrogen) atoms. The number of fused-ring (bicyclic) bond motifs is 1. The SMILES string of the molecule is O=C(Nc1ccc(F)c(NC(=O)C2CCCCC2)c1)c1nn(Cc2ccccc2)c(=O)c2ccccc12. The molecule has 0 spiro atoms. The highest BCUT2D eigenvalue weighted by Gasteiger charge is 2.22. The fraction of sp³-hybridized carbons (Fsp3) is 0.241. The normalized spacial score (nSPS) is 13.9. The highest BCUT2D eigenvalue weighted by Crippen LogP contribution is 2.27.